The summed E-state index contributed by atoms with van der Waals surface area (Å²) in [5, 5.41) is 5.66. The Morgan fingerprint density at radius 1 is 1.33 bits per heavy atom. The first-order valence-electron chi connectivity index (χ1n) is 5.54. The van der Waals surface area contributed by atoms with Crippen LogP contribution in [-0.2, 0) is 9.59 Å². The summed E-state index contributed by atoms with van der Waals surface area (Å²) in [6.07, 6.45) is 0.214. The highest BCUT2D eigenvalue weighted by atomic mass is 79.9. The number of rotatable bonds is 6. The Morgan fingerprint density at radius 2 is 1.94 bits per heavy atom. The zero-order chi connectivity index (χ0) is 13.5. The minimum absolute atomic E-state index is 0.113. The molecule has 1 aromatic rings. The normalized spacial score (nSPS) is 11.9. The van der Waals surface area contributed by atoms with Crippen LogP contribution in [-0.4, -0.2) is 24.4 Å². The van der Waals surface area contributed by atoms with Gasteiger partial charge < -0.3 is 16.4 Å². The van der Waals surface area contributed by atoms with Crippen LogP contribution in [0.5, 0.6) is 0 Å². The van der Waals surface area contributed by atoms with Gasteiger partial charge in [0.05, 0.1) is 6.54 Å². The molecule has 0 heterocycles. The lowest BCUT2D eigenvalue weighted by atomic mass is 10.2. The number of anilines is 1. The van der Waals surface area contributed by atoms with E-state index >= 15 is 0 Å². The Balaban J connectivity index is 2.33. The van der Waals surface area contributed by atoms with E-state index in [0.29, 0.717) is 0 Å². The molecule has 0 aliphatic carbocycles. The average molecular weight is 314 g/mol. The highest BCUT2D eigenvalue weighted by Crippen LogP contribution is 2.13. The molecule has 1 unspecified atom stereocenters. The molecule has 0 spiro atoms. The maximum Gasteiger partial charge on any atom is 0.238 e. The van der Waals surface area contributed by atoms with Gasteiger partial charge in [-0.2, -0.15) is 0 Å². The molecular weight excluding hydrogens is 298 g/mol. The van der Waals surface area contributed by atoms with Crippen molar-refractivity contribution in [2.45, 2.75) is 19.4 Å². The lowest BCUT2D eigenvalue weighted by molar-refractivity contribution is -0.119. The minimum Gasteiger partial charge on any atom is -0.370 e. The van der Waals surface area contributed by atoms with E-state index in [-0.39, 0.29) is 30.8 Å². The van der Waals surface area contributed by atoms with E-state index in [2.05, 4.69) is 26.6 Å². The van der Waals surface area contributed by atoms with Crippen molar-refractivity contribution in [1.82, 2.24) is 5.32 Å². The Hall–Kier alpha value is -1.40. The molecule has 0 bridgehead atoms. The highest BCUT2D eigenvalue weighted by molar-refractivity contribution is 9.10. The van der Waals surface area contributed by atoms with Gasteiger partial charge in [-0.3, -0.25) is 9.59 Å². The van der Waals surface area contributed by atoms with Gasteiger partial charge in [0.25, 0.3) is 0 Å². The Kier molecular flexibility index (Phi) is 5.80. The van der Waals surface area contributed by atoms with Crippen molar-refractivity contribution in [3.05, 3.63) is 28.7 Å². The van der Waals surface area contributed by atoms with Gasteiger partial charge in [-0.1, -0.05) is 15.9 Å². The molecule has 4 N–H and O–H groups in total. The van der Waals surface area contributed by atoms with Crippen LogP contribution in [0.2, 0.25) is 0 Å². The summed E-state index contributed by atoms with van der Waals surface area (Å²) in [4.78, 5) is 22.2. The molecule has 1 atom stereocenters. The van der Waals surface area contributed by atoms with Crippen molar-refractivity contribution >= 4 is 33.4 Å². The molecule has 1 rings (SSSR count). The smallest absolute Gasteiger partial charge is 0.238 e. The summed E-state index contributed by atoms with van der Waals surface area (Å²) in [5.41, 5.74) is 5.78. The SMILES string of the molecule is CC(CC(N)=O)NCC(=O)Nc1ccc(Br)cc1. The van der Waals surface area contributed by atoms with Gasteiger partial charge in [0, 0.05) is 22.6 Å². The molecule has 5 nitrogen and oxygen atoms in total. The first kappa shape index (κ1) is 14.7. The minimum atomic E-state index is -0.386. The van der Waals surface area contributed by atoms with Crippen LogP contribution >= 0.6 is 15.9 Å². The van der Waals surface area contributed by atoms with Gasteiger partial charge >= 0.3 is 0 Å². The van der Waals surface area contributed by atoms with Crippen LogP contribution < -0.4 is 16.4 Å². The lowest BCUT2D eigenvalue weighted by Crippen LogP contribution is -2.36. The molecular formula is C12H16BrN3O2. The van der Waals surface area contributed by atoms with Crippen molar-refractivity contribution in [2.24, 2.45) is 5.73 Å². The second kappa shape index (κ2) is 7.13. The van der Waals surface area contributed by atoms with Gasteiger partial charge in [0.2, 0.25) is 11.8 Å². The van der Waals surface area contributed by atoms with Gasteiger partial charge in [-0.25, -0.2) is 0 Å². The number of primary amides is 1. The number of amides is 2. The third-order valence-corrected chi connectivity index (χ3v) is 2.78. The Morgan fingerprint density at radius 3 is 2.50 bits per heavy atom. The standard InChI is InChI=1S/C12H16BrN3O2/c1-8(6-11(14)17)15-7-12(18)16-10-4-2-9(13)3-5-10/h2-5,8,15H,6-7H2,1H3,(H2,14,17)(H,16,18). The van der Waals surface area contributed by atoms with Crippen molar-refractivity contribution in [3.8, 4) is 0 Å². The molecule has 98 valence electrons. The second-order valence-corrected chi connectivity index (χ2v) is 4.92. The quantitative estimate of drug-likeness (QED) is 0.738. The van der Waals surface area contributed by atoms with Gasteiger partial charge in [0.15, 0.2) is 0 Å². The van der Waals surface area contributed by atoms with Gasteiger partial charge in [0.1, 0.15) is 0 Å². The zero-order valence-corrected chi connectivity index (χ0v) is 11.7. The fraction of sp³-hybridized carbons (Fsp3) is 0.333. The number of carbonyl (C=O) groups is 2. The molecule has 0 aliphatic heterocycles. The molecule has 0 aromatic heterocycles. The fourth-order valence-electron chi connectivity index (χ4n) is 1.38. The van der Waals surface area contributed by atoms with Crippen LogP contribution in [0.15, 0.2) is 28.7 Å². The van der Waals surface area contributed by atoms with E-state index in [1.165, 1.54) is 0 Å². The van der Waals surface area contributed by atoms with E-state index < -0.39 is 0 Å². The van der Waals surface area contributed by atoms with Crippen LogP contribution in [0.3, 0.4) is 0 Å². The second-order valence-electron chi connectivity index (χ2n) is 4.01. The van der Waals surface area contributed by atoms with Crippen molar-refractivity contribution in [3.63, 3.8) is 0 Å². The van der Waals surface area contributed by atoms with Crippen molar-refractivity contribution < 1.29 is 9.59 Å². The van der Waals surface area contributed by atoms with Crippen LogP contribution in [0.4, 0.5) is 5.69 Å². The summed E-state index contributed by atoms with van der Waals surface area (Å²) in [6.45, 7) is 1.95. The van der Waals surface area contributed by atoms with Gasteiger partial charge in [-0.05, 0) is 31.2 Å². The third kappa shape index (κ3) is 5.79. The van der Waals surface area contributed by atoms with E-state index in [9.17, 15) is 9.59 Å². The summed E-state index contributed by atoms with van der Waals surface area (Å²) < 4.78 is 0.953. The Bertz CT molecular complexity index is 420. The summed E-state index contributed by atoms with van der Waals surface area (Å²) in [7, 11) is 0. The Labute approximate surface area is 114 Å². The number of nitrogens with two attached hydrogens (primary N) is 1. The maximum atomic E-state index is 11.6. The molecule has 6 heteroatoms. The number of halogens is 1. The molecule has 2 amide bonds. The van der Waals surface area contributed by atoms with E-state index in [4.69, 9.17) is 5.73 Å². The topological polar surface area (TPSA) is 84.2 Å². The van der Waals surface area contributed by atoms with Crippen LogP contribution in [0.25, 0.3) is 0 Å². The van der Waals surface area contributed by atoms with Gasteiger partial charge in [-0.15, -0.1) is 0 Å². The number of nitrogens with one attached hydrogen (secondary N) is 2. The van der Waals surface area contributed by atoms with Crippen LogP contribution in [0, 0.1) is 0 Å². The van der Waals surface area contributed by atoms with E-state index in [1.54, 1.807) is 19.1 Å². The largest absolute Gasteiger partial charge is 0.370 e. The number of hydrogen-bond donors (Lipinski definition) is 3. The maximum absolute atomic E-state index is 11.6. The lowest BCUT2D eigenvalue weighted by Gasteiger charge is -2.11. The number of benzene rings is 1. The first-order valence-corrected chi connectivity index (χ1v) is 6.34. The van der Waals surface area contributed by atoms with Crippen molar-refractivity contribution in [1.29, 1.82) is 0 Å². The summed E-state index contributed by atoms with van der Waals surface area (Å²) >= 11 is 3.32. The third-order valence-electron chi connectivity index (χ3n) is 2.25. The van der Waals surface area contributed by atoms with E-state index in [1.807, 2.05) is 12.1 Å². The number of hydrogen-bond acceptors (Lipinski definition) is 3. The van der Waals surface area contributed by atoms with Crippen molar-refractivity contribution in [2.75, 3.05) is 11.9 Å². The summed E-state index contributed by atoms with van der Waals surface area (Å²) in [6, 6.07) is 7.18. The molecule has 18 heavy (non-hydrogen) atoms. The predicted octanol–water partition coefficient (Wildman–Crippen LogP) is 1.24. The summed E-state index contributed by atoms with van der Waals surface area (Å²) in [5.74, 6) is -0.544. The molecule has 1 aromatic carbocycles. The monoisotopic (exact) mass is 313 g/mol. The van der Waals surface area contributed by atoms with E-state index in [0.717, 1.165) is 10.2 Å². The zero-order valence-electron chi connectivity index (χ0n) is 10.1. The molecule has 0 aliphatic rings. The molecule has 0 radical (unpaired) electrons. The molecule has 0 fully saturated rings. The molecule has 0 saturated carbocycles. The van der Waals surface area contributed by atoms with Crippen LogP contribution in [0.1, 0.15) is 13.3 Å². The number of carbonyl (C=O) groups excluding carboxylic acids is 2. The first-order chi connectivity index (χ1) is 8.47. The highest BCUT2D eigenvalue weighted by Gasteiger charge is 2.08. The molecule has 0 saturated heterocycles. The fourth-order valence-corrected chi connectivity index (χ4v) is 1.64. The average Bonchev–Trinajstić information content (AvgIpc) is 2.29. The predicted molar refractivity (Wildman–Crippen MR) is 74.0 cm³/mol.